The minimum atomic E-state index is -0.861. The van der Waals surface area contributed by atoms with Gasteiger partial charge in [0.2, 0.25) is 0 Å². The Labute approximate surface area is 185 Å². The molecule has 1 unspecified atom stereocenters. The van der Waals surface area contributed by atoms with E-state index in [1.165, 1.54) is 31.2 Å². The predicted octanol–water partition coefficient (Wildman–Crippen LogP) is 7.73. The van der Waals surface area contributed by atoms with Crippen molar-refractivity contribution in [1.82, 2.24) is 0 Å². The molecule has 0 heterocycles. The van der Waals surface area contributed by atoms with Crippen molar-refractivity contribution in [1.29, 1.82) is 0 Å². The van der Waals surface area contributed by atoms with Crippen LogP contribution < -0.4 is 0 Å². The van der Waals surface area contributed by atoms with Crippen LogP contribution in [0.3, 0.4) is 0 Å². The van der Waals surface area contributed by atoms with E-state index in [4.69, 9.17) is 0 Å². The van der Waals surface area contributed by atoms with Crippen LogP contribution in [0.4, 0.5) is 0 Å². The molecule has 1 aromatic rings. The number of benzene rings is 1. The van der Waals surface area contributed by atoms with Gasteiger partial charge in [-0.05, 0) is 12.3 Å². The molecule has 0 saturated heterocycles. The summed E-state index contributed by atoms with van der Waals surface area (Å²) in [6, 6.07) is 8.98. The Morgan fingerprint density at radius 3 is 2.00 bits per heavy atom. The normalized spacial score (nSPS) is 18.1. The third-order valence-electron chi connectivity index (χ3n) is 3.79. The molecule has 0 nitrogen and oxygen atoms in total. The van der Waals surface area contributed by atoms with E-state index in [1.54, 1.807) is 16.7 Å². The van der Waals surface area contributed by atoms with Crippen LogP contribution in [0.1, 0.15) is 49.7 Å². The summed E-state index contributed by atoms with van der Waals surface area (Å²) in [7, 11) is -1.72. The SMILES string of the molecule is CCC1C2=C(CCC[CH-]2)c2ccccc21.[CH2-][Si](C)(C)C.[CH2-][Si](C)(C)C.[Sc+3]. The second-order valence-corrected chi connectivity index (χ2v) is 19.9. The van der Waals surface area contributed by atoms with Gasteiger partial charge in [0, 0.05) is 0 Å². The molecular weight excluding hydrogens is 377 g/mol. The summed E-state index contributed by atoms with van der Waals surface area (Å²) in [5.41, 5.74) is 6.40. The van der Waals surface area contributed by atoms with Gasteiger partial charge in [-0.1, -0.05) is 94.4 Å². The van der Waals surface area contributed by atoms with Gasteiger partial charge in [-0.25, -0.2) is 12.0 Å². The first-order valence-corrected chi connectivity index (χ1v) is 17.2. The van der Waals surface area contributed by atoms with Crippen LogP contribution in [0.25, 0.3) is 5.57 Å². The van der Waals surface area contributed by atoms with Gasteiger partial charge in [-0.2, -0.15) is 5.57 Å². The Bertz CT molecular complexity index is 553. The van der Waals surface area contributed by atoms with Crippen LogP contribution in [0.5, 0.6) is 0 Å². The third-order valence-corrected chi connectivity index (χ3v) is 3.79. The average Bonchev–Trinajstić information content (AvgIpc) is 2.78. The molecular formula is C23H39ScSi2. The molecule has 0 radical (unpaired) electrons. The molecule has 0 saturated carbocycles. The van der Waals surface area contributed by atoms with Crippen LogP contribution in [0, 0.1) is 19.5 Å². The summed E-state index contributed by atoms with van der Waals surface area (Å²) >= 11 is 0. The summed E-state index contributed by atoms with van der Waals surface area (Å²) in [5.74, 6) is 0.691. The molecule has 2 aliphatic carbocycles. The van der Waals surface area contributed by atoms with E-state index in [1.807, 2.05) is 0 Å². The first-order chi connectivity index (χ1) is 11.4. The molecule has 0 aromatic heterocycles. The fraction of sp³-hybridized carbons (Fsp3) is 0.522. The zero-order valence-electron chi connectivity index (χ0n) is 18.3. The van der Waals surface area contributed by atoms with Gasteiger partial charge in [0.15, 0.2) is 0 Å². The van der Waals surface area contributed by atoms with Crippen LogP contribution in [0.15, 0.2) is 29.8 Å². The van der Waals surface area contributed by atoms with Crippen molar-refractivity contribution in [2.75, 3.05) is 0 Å². The zero-order chi connectivity index (χ0) is 19.3. The molecule has 0 amide bonds. The minimum absolute atomic E-state index is 0. The van der Waals surface area contributed by atoms with E-state index in [9.17, 15) is 0 Å². The van der Waals surface area contributed by atoms with E-state index in [2.05, 4.69) is 90.0 Å². The quantitative estimate of drug-likeness (QED) is 0.324. The van der Waals surface area contributed by atoms with Gasteiger partial charge in [0.05, 0.1) is 0 Å². The number of rotatable bonds is 1. The molecule has 0 aliphatic heterocycles. The minimum Gasteiger partial charge on any atom is -0.342 e. The maximum Gasteiger partial charge on any atom is 3.00 e. The summed E-state index contributed by atoms with van der Waals surface area (Å²) in [6.45, 7) is 23.4. The maximum atomic E-state index is 3.91. The van der Waals surface area contributed by atoms with Gasteiger partial charge in [0.25, 0.3) is 0 Å². The Morgan fingerprint density at radius 2 is 1.50 bits per heavy atom. The van der Waals surface area contributed by atoms with E-state index < -0.39 is 16.1 Å². The number of hydrogen-bond donors (Lipinski definition) is 0. The molecule has 142 valence electrons. The summed E-state index contributed by atoms with van der Waals surface area (Å²) in [5, 5.41) is 0. The summed E-state index contributed by atoms with van der Waals surface area (Å²) < 4.78 is 0. The van der Waals surface area contributed by atoms with Crippen molar-refractivity contribution in [3.8, 4) is 0 Å². The first kappa shape index (κ1) is 26.1. The van der Waals surface area contributed by atoms with Crippen molar-refractivity contribution in [2.45, 2.75) is 77.8 Å². The van der Waals surface area contributed by atoms with Crippen LogP contribution in [-0.2, 0) is 25.8 Å². The molecule has 1 aromatic carbocycles. The third kappa shape index (κ3) is 9.89. The van der Waals surface area contributed by atoms with Gasteiger partial charge in [-0.3, -0.25) is 0 Å². The number of allylic oxidation sites excluding steroid dienone is 2. The molecule has 26 heavy (non-hydrogen) atoms. The van der Waals surface area contributed by atoms with Gasteiger partial charge < -0.3 is 13.1 Å². The van der Waals surface area contributed by atoms with E-state index in [-0.39, 0.29) is 25.8 Å². The number of hydrogen-bond acceptors (Lipinski definition) is 0. The van der Waals surface area contributed by atoms with Crippen molar-refractivity contribution in [3.05, 3.63) is 60.5 Å². The van der Waals surface area contributed by atoms with E-state index in [0.29, 0.717) is 5.92 Å². The molecule has 0 N–H and O–H groups in total. The van der Waals surface area contributed by atoms with E-state index >= 15 is 0 Å². The first-order valence-electron chi connectivity index (χ1n) is 9.78. The monoisotopic (exact) mass is 416 g/mol. The molecule has 3 rings (SSSR count). The Hall–Kier alpha value is 0.134. The largest absolute Gasteiger partial charge is 3.00 e. The molecule has 0 fully saturated rings. The van der Waals surface area contributed by atoms with Crippen LogP contribution >= 0.6 is 0 Å². The fourth-order valence-electron chi connectivity index (χ4n) is 3.13. The second kappa shape index (κ2) is 11.2. The van der Waals surface area contributed by atoms with Crippen molar-refractivity contribution in [2.24, 2.45) is 0 Å². The van der Waals surface area contributed by atoms with Crippen LogP contribution in [-0.4, -0.2) is 16.1 Å². The topological polar surface area (TPSA) is 0 Å². The van der Waals surface area contributed by atoms with E-state index in [0.717, 1.165) is 0 Å². The van der Waals surface area contributed by atoms with Gasteiger partial charge in [0.1, 0.15) is 0 Å². The fourth-order valence-corrected chi connectivity index (χ4v) is 3.13. The molecule has 2 aliphatic rings. The standard InChI is InChI=1S/C15H17.2C4H11Si.Sc/c1-2-11-12-7-3-5-9-14(12)15-10-6-4-8-13(11)15;2*1-5(2,3)4;/h3,5,7-9,11H,2,4,6,10H2,1H3;2*1H2,2-4H3;/q3*-1;+3. The van der Waals surface area contributed by atoms with Crippen molar-refractivity contribution >= 4 is 21.7 Å². The molecule has 3 heteroatoms. The van der Waals surface area contributed by atoms with Gasteiger partial charge >= 0.3 is 25.8 Å². The van der Waals surface area contributed by atoms with Gasteiger partial charge in [-0.15, -0.1) is 22.6 Å². The Kier molecular flexibility index (Phi) is 11.3. The summed E-state index contributed by atoms with van der Waals surface area (Å²) in [6.07, 6.45) is 7.63. The second-order valence-electron chi connectivity index (χ2n) is 9.70. The molecule has 0 spiro atoms. The predicted molar refractivity (Wildman–Crippen MR) is 122 cm³/mol. The zero-order valence-corrected chi connectivity index (χ0v) is 22.1. The molecule has 1 atom stereocenters. The number of fused-ring (bicyclic) bond motifs is 2. The Balaban J connectivity index is 0.000000482. The van der Waals surface area contributed by atoms with Crippen LogP contribution in [0.2, 0.25) is 39.3 Å². The average molecular weight is 417 g/mol. The maximum absolute atomic E-state index is 3.91. The Morgan fingerprint density at radius 1 is 1.00 bits per heavy atom. The smallest absolute Gasteiger partial charge is 0.342 e. The summed E-state index contributed by atoms with van der Waals surface area (Å²) in [4.78, 5) is 0. The van der Waals surface area contributed by atoms with Crippen molar-refractivity contribution < 1.29 is 25.8 Å². The van der Waals surface area contributed by atoms with Crippen molar-refractivity contribution in [3.63, 3.8) is 0 Å². The molecule has 0 bridgehead atoms.